The molecule has 2 aromatic rings. The molecule has 1 amide bonds. The average Bonchev–Trinajstić information content (AvgIpc) is 2.46. The van der Waals surface area contributed by atoms with E-state index in [0.717, 1.165) is 0 Å². The van der Waals surface area contributed by atoms with Crippen molar-refractivity contribution in [1.82, 2.24) is 5.43 Å². The number of anilines is 1. The quantitative estimate of drug-likeness (QED) is 0.754. The summed E-state index contributed by atoms with van der Waals surface area (Å²) < 4.78 is 5.42. The molecular formula is C15H13Cl3N2O2. The van der Waals surface area contributed by atoms with Crippen molar-refractivity contribution in [2.45, 2.75) is 6.92 Å². The predicted molar refractivity (Wildman–Crippen MR) is 90.2 cm³/mol. The molecule has 116 valence electrons. The number of hydrazine groups is 1. The van der Waals surface area contributed by atoms with E-state index < -0.39 is 0 Å². The summed E-state index contributed by atoms with van der Waals surface area (Å²) in [6.45, 7) is 2.31. The second-order valence-corrected chi connectivity index (χ2v) is 5.50. The minimum Gasteiger partial charge on any atom is -0.493 e. The van der Waals surface area contributed by atoms with Crippen molar-refractivity contribution in [2.24, 2.45) is 0 Å². The van der Waals surface area contributed by atoms with Crippen LogP contribution in [0.5, 0.6) is 5.75 Å². The third kappa shape index (κ3) is 3.97. The molecule has 7 heteroatoms. The predicted octanol–water partition coefficient (Wildman–Crippen LogP) is 4.80. The number of hydrogen-bond donors (Lipinski definition) is 2. The number of nitrogens with one attached hydrogen (secondary N) is 2. The number of carbonyl (C=O) groups is 1. The lowest BCUT2D eigenvalue weighted by atomic mass is 10.2. The van der Waals surface area contributed by atoms with E-state index in [1.807, 2.05) is 6.92 Å². The molecule has 0 atom stereocenters. The average molecular weight is 360 g/mol. The Kier molecular flexibility index (Phi) is 5.77. The van der Waals surface area contributed by atoms with Gasteiger partial charge in [-0.2, -0.15) is 0 Å². The maximum atomic E-state index is 12.2. The summed E-state index contributed by atoms with van der Waals surface area (Å²) in [7, 11) is 0. The van der Waals surface area contributed by atoms with E-state index in [-0.39, 0.29) is 5.91 Å². The summed E-state index contributed by atoms with van der Waals surface area (Å²) in [5, 5.41) is 1.01. The molecule has 0 radical (unpaired) electrons. The first kappa shape index (κ1) is 16.7. The summed E-state index contributed by atoms with van der Waals surface area (Å²) in [6.07, 6.45) is 0. The van der Waals surface area contributed by atoms with Crippen LogP contribution in [-0.2, 0) is 0 Å². The third-order valence-corrected chi connectivity index (χ3v) is 3.55. The van der Waals surface area contributed by atoms with Gasteiger partial charge in [0.25, 0.3) is 5.91 Å². The topological polar surface area (TPSA) is 50.4 Å². The summed E-state index contributed by atoms with van der Waals surface area (Å²) in [6, 6.07) is 9.98. The van der Waals surface area contributed by atoms with Gasteiger partial charge in [0, 0.05) is 5.02 Å². The van der Waals surface area contributed by atoms with Gasteiger partial charge in [-0.05, 0) is 31.2 Å². The molecular weight excluding hydrogens is 347 g/mol. The molecule has 0 saturated carbocycles. The van der Waals surface area contributed by atoms with Crippen molar-refractivity contribution < 1.29 is 9.53 Å². The minimum absolute atomic E-state index is 0.302. The Labute approximate surface area is 143 Å². The smallest absolute Gasteiger partial charge is 0.273 e. The lowest BCUT2D eigenvalue weighted by molar-refractivity contribution is 0.0959. The van der Waals surface area contributed by atoms with E-state index in [9.17, 15) is 4.79 Å². The third-order valence-electron chi connectivity index (χ3n) is 2.74. The maximum Gasteiger partial charge on any atom is 0.273 e. The molecule has 0 bridgehead atoms. The van der Waals surface area contributed by atoms with Crippen molar-refractivity contribution in [3.8, 4) is 5.75 Å². The summed E-state index contributed by atoms with van der Waals surface area (Å²) >= 11 is 17.9. The van der Waals surface area contributed by atoms with Gasteiger partial charge in [0.1, 0.15) is 5.75 Å². The lowest BCUT2D eigenvalue weighted by Crippen LogP contribution is -2.30. The van der Waals surface area contributed by atoms with Gasteiger partial charge in [0.05, 0.1) is 27.9 Å². The van der Waals surface area contributed by atoms with Crippen LogP contribution in [0, 0.1) is 0 Å². The molecule has 22 heavy (non-hydrogen) atoms. The summed E-state index contributed by atoms with van der Waals surface area (Å²) in [5.74, 6) is 0.128. The van der Waals surface area contributed by atoms with Crippen molar-refractivity contribution in [3.63, 3.8) is 0 Å². The van der Waals surface area contributed by atoms with Gasteiger partial charge in [-0.3, -0.25) is 15.6 Å². The molecule has 0 saturated heterocycles. The highest BCUT2D eigenvalue weighted by Gasteiger charge is 2.13. The van der Waals surface area contributed by atoms with Crippen LogP contribution in [0.15, 0.2) is 36.4 Å². The van der Waals surface area contributed by atoms with Crippen LogP contribution < -0.4 is 15.6 Å². The molecule has 2 aromatic carbocycles. The molecule has 0 aliphatic carbocycles. The zero-order chi connectivity index (χ0) is 16.1. The van der Waals surface area contributed by atoms with Crippen LogP contribution in [0.2, 0.25) is 15.1 Å². The Morgan fingerprint density at radius 1 is 1.14 bits per heavy atom. The molecule has 0 unspecified atom stereocenters. The summed E-state index contributed by atoms with van der Waals surface area (Å²) in [5.41, 5.74) is 6.00. The number of amides is 1. The first-order valence-electron chi connectivity index (χ1n) is 6.45. The highest BCUT2D eigenvalue weighted by molar-refractivity contribution is 6.41. The summed E-state index contributed by atoms with van der Waals surface area (Å²) in [4.78, 5) is 12.2. The SMILES string of the molecule is CCOc1ccccc1C(=O)NNc1c(Cl)cc(Cl)cc1Cl. The Balaban J connectivity index is 2.14. The monoisotopic (exact) mass is 358 g/mol. The fourth-order valence-corrected chi connectivity index (χ4v) is 2.70. The van der Waals surface area contributed by atoms with Gasteiger partial charge in [-0.15, -0.1) is 0 Å². The number of benzene rings is 2. The minimum atomic E-state index is -0.369. The van der Waals surface area contributed by atoms with Gasteiger partial charge in [0.15, 0.2) is 0 Å². The Hall–Kier alpha value is -1.62. The van der Waals surface area contributed by atoms with Crippen molar-refractivity contribution in [3.05, 3.63) is 57.0 Å². The number of para-hydroxylation sites is 1. The van der Waals surface area contributed by atoms with Gasteiger partial charge in [-0.1, -0.05) is 46.9 Å². The van der Waals surface area contributed by atoms with Gasteiger partial charge in [-0.25, -0.2) is 0 Å². The number of carbonyl (C=O) groups excluding carboxylic acids is 1. The normalized spacial score (nSPS) is 10.2. The molecule has 0 aromatic heterocycles. The van der Waals surface area contributed by atoms with E-state index >= 15 is 0 Å². The van der Waals surface area contributed by atoms with Crippen LogP contribution in [0.1, 0.15) is 17.3 Å². The molecule has 0 aliphatic rings. The first-order valence-corrected chi connectivity index (χ1v) is 7.59. The maximum absolute atomic E-state index is 12.2. The Bertz CT molecular complexity index is 669. The molecule has 2 rings (SSSR count). The Morgan fingerprint density at radius 2 is 1.77 bits per heavy atom. The molecule has 0 spiro atoms. The molecule has 0 heterocycles. The highest BCUT2D eigenvalue weighted by atomic mass is 35.5. The van der Waals surface area contributed by atoms with Gasteiger partial charge >= 0.3 is 0 Å². The van der Waals surface area contributed by atoms with Crippen molar-refractivity contribution >= 4 is 46.4 Å². The van der Waals surface area contributed by atoms with Crippen LogP contribution >= 0.6 is 34.8 Å². The zero-order valence-electron chi connectivity index (χ0n) is 11.6. The van der Waals surface area contributed by atoms with E-state index in [4.69, 9.17) is 39.5 Å². The second kappa shape index (κ2) is 7.58. The van der Waals surface area contributed by atoms with Gasteiger partial charge in [0.2, 0.25) is 0 Å². The molecule has 2 N–H and O–H groups in total. The van der Waals surface area contributed by atoms with Crippen LogP contribution in [0.4, 0.5) is 5.69 Å². The fraction of sp³-hybridized carbons (Fsp3) is 0.133. The van der Waals surface area contributed by atoms with Crippen molar-refractivity contribution in [1.29, 1.82) is 0 Å². The zero-order valence-corrected chi connectivity index (χ0v) is 13.9. The first-order chi connectivity index (χ1) is 10.5. The number of ether oxygens (including phenoxy) is 1. The number of hydrogen-bond acceptors (Lipinski definition) is 3. The Morgan fingerprint density at radius 3 is 2.41 bits per heavy atom. The molecule has 0 aliphatic heterocycles. The van der Waals surface area contributed by atoms with E-state index in [2.05, 4.69) is 10.9 Å². The largest absolute Gasteiger partial charge is 0.493 e. The van der Waals surface area contributed by atoms with Crippen molar-refractivity contribution in [2.75, 3.05) is 12.0 Å². The number of halogens is 3. The highest BCUT2D eigenvalue weighted by Crippen LogP contribution is 2.33. The lowest BCUT2D eigenvalue weighted by Gasteiger charge is -2.14. The fourth-order valence-electron chi connectivity index (χ4n) is 1.78. The van der Waals surface area contributed by atoms with Crippen LogP contribution in [0.25, 0.3) is 0 Å². The molecule has 4 nitrogen and oxygen atoms in total. The van der Waals surface area contributed by atoms with E-state index in [1.54, 1.807) is 24.3 Å². The van der Waals surface area contributed by atoms with E-state index in [0.29, 0.717) is 38.7 Å². The van der Waals surface area contributed by atoms with Gasteiger partial charge < -0.3 is 4.74 Å². The molecule has 0 fully saturated rings. The number of rotatable bonds is 5. The van der Waals surface area contributed by atoms with E-state index in [1.165, 1.54) is 12.1 Å². The van der Waals surface area contributed by atoms with Crippen LogP contribution in [0.3, 0.4) is 0 Å². The van der Waals surface area contributed by atoms with Crippen LogP contribution in [-0.4, -0.2) is 12.5 Å². The standard InChI is InChI=1S/C15H13Cl3N2O2/c1-2-22-13-6-4-3-5-10(13)15(21)20-19-14-11(17)7-9(16)8-12(14)18/h3-8,19H,2H2,1H3,(H,20,21). The second-order valence-electron chi connectivity index (χ2n) is 4.25.